The molecule has 1 aromatic rings. The van der Waals surface area contributed by atoms with Gasteiger partial charge in [0.1, 0.15) is 0 Å². The zero-order valence-electron chi connectivity index (χ0n) is 13.5. The molecule has 126 valence electrons. The van der Waals surface area contributed by atoms with Crippen molar-refractivity contribution in [1.29, 1.82) is 0 Å². The van der Waals surface area contributed by atoms with Crippen LogP contribution in [0.1, 0.15) is 55.3 Å². The third-order valence-electron chi connectivity index (χ3n) is 4.25. The molecule has 0 spiro atoms. The van der Waals surface area contributed by atoms with E-state index in [2.05, 4.69) is 10.6 Å². The minimum absolute atomic E-state index is 0.0528. The molecule has 0 radical (unpaired) electrons. The lowest BCUT2D eigenvalue weighted by atomic mass is 9.87. The van der Waals surface area contributed by atoms with Gasteiger partial charge in [-0.15, -0.1) is 0 Å². The summed E-state index contributed by atoms with van der Waals surface area (Å²) in [7, 11) is 0. The quantitative estimate of drug-likeness (QED) is 0.676. The molecule has 5 nitrogen and oxygen atoms in total. The largest absolute Gasteiger partial charge is 0.396 e. The van der Waals surface area contributed by atoms with Gasteiger partial charge >= 0.3 is 0 Å². The van der Waals surface area contributed by atoms with Crippen LogP contribution in [0.3, 0.4) is 0 Å². The molecule has 5 heteroatoms. The Morgan fingerprint density at radius 3 is 2.43 bits per heavy atom. The van der Waals surface area contributed by atoms with Gasteiger partial charge in [0, 0.05) is 30.8 Å². The highest BCUT2D eigenvalue weighted by molar-refractivity contribution is 5.95. The topological polar surface area (TPSA) is 78.4 Å². The summed E-state index contributed by atoms with van der Waals surface area (Å²) in [6.07, 6.45) is 7.20. The van der Waals surface area contributed by atoms with Gasteiger partial charge in [0.25, 0.3) is 5.91 Å². The highest BCUT2D eigenvalue weighted by Gasteiger charge is 2.17. The highest BCUT2D eigenvalue weighted by Crippen LogP contribution is 2.26. The Hall–Kier alpha value is -1.88. The van der Waals surface area contributed by atoms with Gasteiger partial charge in [-0.3, -0.25) is 9.59 Å². The lowest BCUT2D eigenvalue weighted by molar-refractivity contribution is -0.117. The Morgan fingerprint density at radius 1 is 1.09 bits per heavy atom. The van der Waals surface area contributed by atoms with Crippen molar-refractivity contribution in [3.8, 4) is 0 Å². The number of aliphatic hydroxyl groups excluding tert-OH is 1. The van der Waals surface area contributed by atoms with Gasteiger partial charge in [-0.1, -0.05) is 19.3 Å². The number of hydrogen-bond acceptors (Lipinski definition) is 3. The number of carbonyl (C=O) groups is 2. The Labute approximate surface area is 137 Å². The van der Waals surface area contributed by atoms with Crippen molar-refractivity contribution < 1.29 is 14.7 Å². The van der Waals surface area contributed by atoms with E-state index in [9.17, 15) is 9.59 Å². The highest BCUT2D eigenvalue weighted by atomic mass is 16.3. The fraction of sp³-hybridized carbons (Fsp3) is 0.556. The molecule has 0 atom stereocenters. The van der Waals surface area contributed by atoms with E-state index in [0.717, 1.165) is 18.5 Å². The van der Waals surface area contributed by atoms with Crippen LogP contribution in [0.25, 0.3) is 0 Å². The molecule has 0 heterocycles. The molecule has 0 aliphatic heterocycles. The Kier molecular flexibility index (Phi) is 7.07. The first-order valence-corrected chi connectivity index (χ1v) is 8.48. The van der Waals surface area contributed by atoms with Crippen molar-refractivity contribution in [2.24, 2.45) is 5.92 Å². The van der Waals surface area contributed by atoms with Gasteiger partial charge in [0.15, 0.2) is 0 Å². The molecule has 1 saturated carbocycles. The number of benzene rings is 1. The Bertz CT molecular complexity index is 508. The number of hydrogen-bond donors (Lipinski definition) is 3. The van der Waals surface area contributed by atoms with Crippen LogP contribution in [-0.2, 0) is 4.79 Å². The second-order valence-electron chi connectivity index (χ2n) is 6.17. The minimum atomic E-state index is -0.168. The van der Waals surface area contributed by atoms with Crippen LogP contribution in [-0.4, -0.2) is 30.1 Å². The first-order chi connectivity index (χ1) is 11.2. The van der Waals surface area contributed by atoms with Crippen LogP contribution in [0, 0.1) is 5.92 Å². The SMILES string of the molecule is O=C(CC1CCCCC1)Nc1ccc(C(=O)NCCCO)cc1. The molecule has 23 heavy (non-hydrogen) atoms. The zero-order chi connectivity index (χ0) is 16.5. The van der Waals surface area contributed by atoms with Crippen molar-refractivity contribution in [1.82, 2.24) is 5.32 Å². The van der Waals surface area contributed by atoms with Gasteiger partial charge in [0.2, 0.25) is 5.91 Å². The normalized spacial score (nSPS) is 15.2. The second kappa shape index (κ2) is 9.30. The molecule has 2 rings (SSSR count). The number of aliphatic hydroxyl groups is 1. The second-order valence-corrected chi connectivity index (χ2v) is 6.17. The predicted octanol–water partition coefficient (Wildman–Crippen LogP) is 2.71. The maximum atomic E-state index is 12.1. The van der Waals surface area contributed by atoms with E-state index in [1.54, 1.807) is 24.3 Å². The van der Waals surface area contributed by atoms with Crippen molar-refractivity contribution in [2.45, 2.75) is 44.9 Å². The van der Waals surface area contributed by atoms with Gasteiger partial charge in [0.05, 0.1) is 0 Å². The summed E-state index contributed by atoms with van der Waals surface area (Å²) in [6.45, 7) is 0.515. The Balaban J connectivity index is 1.79. The monoisotopic (exact) mass is 318 g/mol. The molecule has 0 bridgehead atoms. The van der Waals surface area contributed by atoms with E-state index in [-0.39, 0.29) is 18.4 Å². The third-order valence-corrected chi connectivity index (χ3v) is 4.25. The summed E-state index contributed by atoms with van der Waals surface area (Å²) >= 11 is 0. The van der Waals surface area contributed by atoms with E-state index in [1.807, 2.05) is 0 Å². The fourth-order valence-corrected chi connectivity index (χ4v) is 2.95. The van der Waals surface area contributed by atoms with E-state index < -0.39 is 0 Å². The maximum Gasteiger partial charge on any atom is 0.251 e. The van der Waals surface area contributed by atoms with Crippen LogP contribution in [0.5, 0.6) is 0 Å². The van der Waals surface area contributed by atoms with E-state index in [4.69, 9.17) is 5.11 Å². The van der Waals surface area contributed by atoms with E-state index >= 15 is 0 Å². The zero-order valence-corrected chi connectivity index (χ0v) is 13.5. The van der Waals surface area contributed by atoms with E-state index in [0.29, 0.717) is 30.9 Å². The molecule has 0 saturated heterocycles. The van der Waals surface area contributed by atoms with Gasteiger partial charge in [-0.05, 0) is 49.4 Å². The minimum Gasteiger partial charge on any atom is -0.396 e. The average Bonchev–Trinajstić information content (AvgIpc) is 2.56. The van der Waals surface area contributed by atoms with Crippen molar-refractivity contribution in [2.75, 3.05) is 18.5 Å². The molecular weight excluding hydrogens is 292 g/mol. The van der Waals surface area contributed by atoms with E-state index in [1.165, 1.54) is 19.3 Å². The Morgan fingerprint density at radius 2 is 1.78 bits per heavy atom. The molecule has 1 aromatic carbocycles. The standard InChI is InChI=1S/C18H26N2O3/c21-12-4-11-19-18(23)15-7-9-16(10-8-15)20-17(22)13-14-5-2-1-3-6-14/h7-10,14,21H,1-6,11-13H2,(H,19,23)(H,20,22). The number of rotatable bonds is 7. The summed E-state index contributed by atoms with van der Waals surface area (Å²) in [6, 6.07) is 6.90. The first kappa shape index (κ1) is 17.5. The first-order valence-electron chi connectivity index (χ1n) is 8.48. The van der Waals surface area contributed by atoms with Crippen LogP contribution in [0.4, 0.5) is 5.69 Å². The van der Waals surface area contributed by atoms with Gasteiger partial charge in [-0.2, -0.15) is 0 Å². The van der Waals surface area contributed by atoms with Crippen molar-refractivity contribution in [3.05, 3.63) is 29.8 Å². The molecule has 3 N–H and O–H groups in total. The lowest BCUT2D eigenvalue weighted by Crippen LogP contribution is -2.25. The van der Waals surface area contributed by atoms with Crippen LogP contribution in [0.2, 0.25) is 0 Å². The van der Waals surface area contributed by atoms with Gasteiger partial charge < -0.3 is 15.7 Å². The molecule has 1 fully saturated rings. The molecular formula is C18H26N2O3. The molecule has 0 aromatic heterocycles. The third kappa shape index (κ3) is 6.02. The van der Waals surface area contributed by atoms with Crippen LogP contribution >= 0.6 is 0 Å². The lowest BCUT2D eigenvalue weighted by Gasteiger charge is -2.20. The molecule has 0 unspecified atom stereocenters. The smallest absolute Gasteiger partial charge is 0.251 e. The summed E-state index contributed by atoms with van der Waals surface area (Å²) in [5, 5.41) is 14.3. The summed E-state index contributed by atoms with van der Waals surface area (Å²) in [5.74, 6) is 0.399. The molecule has 1 aliphatic rings. The maximum absolute atomic E-state index is 12.1. The predicted molar refractivity (Wildman–Crippen MR) is 90.3 cm³/mol. The van der Waals surface area contributed by atoms with Gasteiger partial charge in [-0.25, -0.2) is 0 Å². The summed E-state index contributed by atoms with van der Waals surface area (Å²) in [4.78, 5) is 23.9. The van der Waals surface area contributed by atoms with Crippen molar-refractivity contribution in [3.63, 3.8) is 0 Å². The van der Waals surface area contributed by atoms with Crippen LogP contribution in [0.15, 0.2) is 24.3 Å². The molecule has 2 amide bonds. The summed E-state index contributed by atoms with van der Waals surface area (Å²) in [5.41, 5.74) is 1.27. The van der Waals surface area contributed by atoms with Crippen LogP contribution < -0.4 is 10.6 Å². The number of carbonyl (C=O) groups excluding carboxylic acids is 2. The summed E-state index contributed by atoms with van der Waals surface area (Å²) < 4.78 is 0. The van der Waals surface area contributed by atoms with Crippen molar-refractivity contribution >= 4 is 17.5 Å². The average molecular weight is 318 g/mol. The fourth-order valence-electron chi connectivity index (χ4n) is 2.95. The number of nitrogens with one attached hydrogen (secondary N) is 2. The molecule has 1 aliphatic carbocycles. The number of anilines is 1. The number of amides is 2.